The van der Waals surface area contributed by atoms with Crippen molar-refractivity contribution in [1.82, 2.24) is 14.9 Å². The number of aromatic nitrogens is 2. The summed E-state index contributed by atoms with van der Waals surface area (Å²) in [5.74, 6) is 1.64. The highest BCUT2D eigenvalue weighted by Gasteiger charge is 2.40. The van der Waals surface area contributed by atoms with Crippen LogP contribution in [0, 0.1) is 19.8 Å². The van der Waals surface area contributed by atoms with Crippen molar-refractivity contribution < 1.29 is 4.79 Å². The van der Waals surface area contributed by atoms with Gasteiger partial charge in [-0.3, -0.25) is 9.69 Å². The predicted octanol–water partition coefficient (Wildman–Crippen LogP) is 2.49. The molecule has 2 aromatic rings. The SMILES string of the molecule is Cc1cc(C)nc(N2CC3CC2CN(CC(=O)c2ccccc2)C3)n1. The summed E-state index contributed by atoms with van der Waals surface area (Å²) in [5.41, 5.74) is 2.83. The summed E-state index contributed by atoms with van der Waals surface area (Å²) in [6, 6.07) is 12.0. The van der Waals surface area contributed by atoms with E-state index >= 15 is 0 Å². The van der Waals surface area contributed by atoms with Gasteiger partial charge in [-0.05, 0) is 32.3 Å². The van der Waals surface area contributed by atoms with E-state index in [4.69, 9.17) is 0 Å². The number of ketones is 1. The van der Waals surface area contributed by atoms with E-state index in [9.17, 15) is 4.79 Å². The average Bonchev–Trinajstić information content (AvgIpc) is 2.89. The number of hydrogen-bond acceptors (Lipinski definition) is 5. The number of rotatable bonds is 4. The summed E-state index contributed by atoms with van der Waals surface area (Å²) in [7, 11) is 0. The number of benzene rings is 1. The summed E-state index contributed by atoms with van der Waals surface area (Å²) in [6.45, 7) is 7.42. The molecule has 2 unspecified atom stereocenters. The second kappa shape index (κ2) is 6.56. The molecule has 5 nitrogen and oxygen atoms in total. The van der Waals surface area contributed by atoms with E-state index in [-0.39, 0.29) is 5.78 Å². The standard InChI is InChI=1S/C20H24N4O/c1-14-8-15(2)22-20(21-14)24-11-16-9-18(24)12-23(10-16)13-19(25)17-6-4-3-5-7-17/h3-8,16,18H,9-13H2,1-2H3. The van der Waals surface area contributed by atoms with Crippen LogP contribution in [-0.4, -0.2) is 52.9 Å². The van der Waals surface area contributed by atoms with Crippen LogP contribution in [0.3, 0.4) is 0 Å². The number of Topliss-reactive ketones (excluding diaryl/α,β-unsaturated/α-hetero) is 1. The van der Waals surface area contributed by atoms with Crippen LogP contribution in [-0.2, 0) is 0 Å². The maximum absolute atomic E-state index is 12.5. The number of nitrogens with zero attached hydrogens (tertiary/aromatic N) is 4. The van der Waals surface area contributed by atoms with Crippen LogP contribution in [0.15, 0.2) is 36.4 Å². The Balaban J connectivity index is 1.46. The Morgan fingerprint density at radius 3 is 2.52 bits per heavy atom. The summed E-state index contributed by atoms with van der Waals surface area (Å²) in [4.78, 5) is 26.4. The molecule has 0 spiro atoms. The Morgan fingerprint density at radius 1 is 1.08 bits per heavy atom. The lowest BCUT2D eigenvalue weighted by atomic mass is 9.99. The van der Waals surface area contributed by atoms with E-state index < -0.39 is 0 Å². The van der Waals surface area contributed by atoms with Crippen molar-refractivity contribution in [3.63, 3.8) is 0 Å². The normalized spacial score (nSPS) is 23.0. The molecule has 0 N–H and O–H groups in total. The van der Waals surface area contributed by atoms with Gasteiger partial charge in [0.1, 0.15) is 0 Å². The second-order valence-corrected chi connectivity index (χ2v) is 7.34. The zero-order valence-corrected chi connectivity index (χ0v) is 14.9. The fourth-order valence-corrected chi connectivity index (χ4v) is 4.19. The highest BCUT2D eigenvalue weighted by atomic mass is 16.1. The number of fused-ring (bicyclic) bond motifs is 2. The van der Waals surface area contributed by atoms with E-state index in [1.807, 2.05) is 50.2 Å². The molecule has 0 amide bonds. The molecule has 0 saturated carbocycles. The van der Waals surface area contributed by atoms with Gasteiger partial charge in [-0.1, -0.05) is 30.3 Å². The number of carbonyl (C=O) groups excluding carboxylic acids is 1. The molecule has 2 aliphatic rings. The monoisotopic (exact) mass is 336 g/mol. The van der Waals surface area contributed by atoms with Crippen LogP contribution in [0.25, 0.3) is 0 Å². The fourth-order valence-electron chi connectivity index (χ4n) is 4.19. The highest BCUT2D eigenvalue weighted by molar-refractivity contribution is 5.97. The van der Waals surface area contributed by atoms with Crippen LogP contribution in [0.5, 0.6) is 0 Å². The predicted molar refractivity (Wildman–Crippen MR) is 98.0 cm³/mol. The quantitative estimate of drug-likeness (QED) is 0.803. The number of hydrogen-bond donors (Lipinski definition) is 0. The molecule has 3 heterocycles. The van der Waals surface area contributed by atoms with Gasteiger partial charge in [0.25, 0.3) is 0 Å². The van der Waals surface area contributed by atoms with Crippen molar-refractivity contribution in [2.24, 2.45) is 5.92 Å². The van der Waals surface area contributed by atoms with E-state index in [0.29, 0.717) is 18.5 Å². The lowest BCUT2D eigenvalue weighted by Gasteiger charge is -2.32. The largest absolute Gasteiger partial charge is 0.336 e. The third-order valence-electron chi connectivity index (χ3n) is 5.18. The number of aryl methyl sites for hydroxylation is 2. The molecule has 130 valence electrons. The van der Waals surface area contributed by atoms with Crippen LogP contribution in [0.1, 0.15) is 28.2 Å². The molecule has 0 radical (unpaired) electrons. The Kier molecular flexibility index (Phi) is 4.25. The van der Waals surface area contributed by atoms with Gasteiger partial charge in [0.2, 0.25) is 5.95 Å². The first kappa shape index (κ1) is 16.2. The topological polar surface area (TPSA) is 49.3 Å². The van der Waals surface area contributed by atoms with Crippen molar-refractivity contribution in [2.45, 2.75) is 26.3 Å². The molecule has 2 fully saturated rings. The summed E-state index contributed by atoms with van der Waals surface area (Å²) in [5, 5.41) is 0. The van der Waals surface area contributed by atoms with Gasteiger partial charge in [-0.25, -0.2) is 9.97 Å². The molecular formula is C20H24N4O. The van der Waals surface area contributed by atoms with Crippen LogP contribution in [0.4, 0.5) is 5.95 Å². The first-order valence-corrected chi connectivity index (χ1v) is 8.98. The number of likely N-dealkylation sites (tertiary alicyclic amines) is 1. The highest BCUT2D eigenvalue weighted by Crippen LogP contribution is 2.32. The van der Waals surface area contributed by atoms with Gasteiger partial charge in [-0.2, -0.15) is 0 Å². The minimum atomic E-state index is 0.205. The zero-order valence-electron chi connectivity index (χ0n) is 14.9. The second-order valence-electron chi connectivity index (χ2n) is 7.34. The van der Waals surface area contributed by atoms with Gasteiger partial charge in [0.15, 0.2) is 5.78 Å². The first-order valence-electron chi connectivity index (χ1n) is 8.98. The summed E-state index contributed by atoms with van der Waals surface area (Å²) >= 11 is 0. The zero-order chi connectivity index (χ0) is 17.4. The van der Waals surface area contributed by atoms with E-state index in [1.165, 1.54) is 6.42 Å². The molecule has 25 heavy (non-hydrogen) atoms. The van der Waals surface area contributed by atoms with Crippen LogP contribution >= 0.6 is 0 Å². The maximum atomic E-state index is 12.5. The summed E-state index contributed by atoms with van der Waals surface area (Å²) < 4.78 is 0. The van der Waals surface area contributed by atoms with E-state index in [1.54, 1.807) is 0 Å². The third kappa shape index (κ3) is 3.42. The van der Waals surface area contributed by atoms with E-state index in [2.05, 4.69) is 19.8 Å². The van der Waals surface area contributed by atoms with Crippen molar-refractivity contribution >= 4 is 11.7 Å². The smallest absolute Gasteiger partial charge is 0.226 e. The molecule has 0 aliphatic carbocycles. The van der Waals surface area contributed by atoms with Crippen molar-refractivity contribution in [3.8, 4) is 0 Å². The van der Waals surface area contributed by atoms with Gasteiger partial charge in [0, 0.05) is 42.6 Å². The van der Waals surface area contributed by atoms with Gasteiger partial charge in [-0.15, -0.1) is 0 Å². The third-order valence-corrected chi connectivity index (χ3v) is 5.18. The maximum Gasteiger partial charge on any atom is 0.226 e. The molecule has 2 aliphatic heterocycles. The van der Waals surface area contributed by atoms with Crippen molar-refractivity contribution in [3.05, 3.63) is 53.3 Å². The van der Waals surface area contributed by atoms with E-state index in [0.717, 1.165) is 42.5 Å². The molecule has 2 atom stereocenters. The van der Waals surface area contributed by atoms with Crippen LogP contribution in [0.2, 0.25) is 0 Å². The number of carbonyl (C=O) groups is 1. The average molecular weight is 336 g/mol. The molecule has 1 aromatic heterocycles. The minimum absolute atomic E-state index is 0.205. The molecule has 5 heteroatoms. The lowest BCUT2D eigenvalue weighted by molar-refractivity contribution is 0.0900. The Hall–Kier alpha value is -2.27. The Bertz CT molecular complexity index is 756. The van der Waals surface area contributed by atoms with Crippen molar-refractivity contribution in [2.75, 3.05) is 31.1 Å². The number of piperidine rings is 1. The van der Waals surface area contributed by atoms with Gasteiger partial charge in [0.05, 0.1) is 6.54 Å². The minimum Gasteiger partial charge on any atom is -0.336 e. The fraction of sp³-hybridized carbons (Fsp3) is 0.450. The summed E-state index contributed by atoms with van der Waals surface area (Å²) in [6.07, 6.45) is 1.17. The Morgan fingerprint density at radius 2 is 1.80 bits per heavy atom. The lowest BCUT2D eigenvalue weighted by Crippen LogP contribution is -2.44. The number of anilines is 1. The molecular weight excluding hydrogens is 312 g/mol. The first-order chi connectivity index (χ1) is 12.1. The molecule has 2 bridgehead atoms. The van der Waals surface area contributed by atoms with Crippen molar-refractivity contribution in [1.29, 1.82) is 0 Å². The van der Waals surface area contributed by atoms with Gasteiger partial charge < -0.3 is 4.90 Å². The Labute approximate surface area is 148 Å². The van der Waals surface area contributed by atoms with Gasteiger partial charge >= 0.3 is 0 Å². The molecule has 4 rings (SSSR count). The van der Waals surface area contributed by atoms with Crippen LogP contribution < -0.4 is 4.90 Å². The molecule has 2 saturated heterocycles. The molecule has 1 aromatic carbocycles.